The topological polar surface area (TPSA) is 78.9 Å². The first-order chi connectivity index (χ1) is 15.1. The summed E-state index contributed by atoms with van der Waals surface area (Å²) in [6, 6.07) is 9.64. The number of carbonyl (C=O) groups excluding carboxylic acids is 3. The van der Waals surface area contributed by atoms with Gasteiger partial charge in [0, 0.05) is 0 Å². The Kier molecular flexibility index (Phi) is 8.07. The first-order valence-corrected chi connectivity index (χ1v) is 9.69. The van der Waals surface area contributed by atoms with E-state index in [4.69, 9.17) is 14.2 Å². The number of alkyl halides is 1. The molecule has 0 saturated heterocycles. The van der Waals surface area contributed by atoms with Crippen LogP contribution in [0.5, 0.6) is 17.2 Å². The minimum atomic E-state index is -2.74. The van der Waals surface area contributed by atoms with E-state index in [0.29, 0.717) is 33.9 Å². The molecule has 0 amide bonds. The van der Waals surface area contributed by atoms with Gasteiger partial charge in [0.1, 0.15) is 5.75 Å². The van der Waals surface area contributed by atoms with E-state index in [1.807, 2.05) is 0 Å². The number of methoxy groups -OCH3 is 3. The van der Waals surface area contributed by atoms with Crippen LogP contribution in [0.1, 0.15) is 35.3 Å². The van der Waals surface area contributed by atoms with Crippen LogP contribution in [0.25, 0.3) is 12.2 Å². The fourth-order valence-electron chi connectivity index (χ4n) is 2.84. The summed E-state index contributed by atoms with van der Waals surface area (Å²) in [5.41, 5.74) is -1.26. The van der Waals surface area contributed by atoms with Gasteiger partial charge in [-0.15, -0.1) is 0 Å². The Hall–Kier alpha value is -3.74. The first kappa shape index (κ1) is 24.5. The van der Waals surface area contributed by atoms with Crippen molar-refractivity contribution in [2.45, 2.75) is 19.5 Å². The van der Waals surface area contributed by atoms with Crippen molar-refractivity contribution in [2.24, 2.45) is 0 Å². The van der Waals surface area contributed by atoms with Crippen molar-refractivity contribution in [3.8, 4) is 17.2 Å². The van der Waals surface area contributed by atoms with Gasteiger partial charge in [-0.3, -0.25) is 14.4 Å². The highest BCUT2D eigenvalue weighted by molar-refractivity contribution is 6.19. The fraction of sp³-hybridized carbons (Fsp3) is 0.240. The second-order valence-electron chi connectivity index (χ2n) is 7.03. The molecule has 32 heavy (non-hydrogen) atoms. The Labute approximate surface area is 186 Å². The Bertz CT molecular complexity index is 1080. The van der Waals surface area contributed by atoms with Gasteiger partial charge in [0.15, 0.2) is 17.3 Å². The van der Waals surface area contributed by atoms with Gasteiger partial charge in [-0.05, 0) is 61.4 Å². The Morgan fingerprint density at radius 2 is 1.25 bits per heavy atom. The molecule has 0 radical (unpaired) electrons. The number of ketones is 3. The largest absolute Gasteiger partial charge is 0.496 e. The number of allylic oxidation sites excluding steroid dienone is 2. The summed E-state index contributed by atoms with van der Waals surface area (Å²) in [6.45, 7) is 2.33. The van der Waals surface area contributed by atoms with Crippen LogP contribution in [0.3, 0.4) is 0 Å². The summed E-state index contributed by atoms with van der Waals surface area (Å²) in [4.78, 5) is 36.3. The maximum absolute atomic E-state index is 14.9. The van der Waals surface area contributed by atoms with Crippen LogP contribution < -0.4 is 14.2 Å². The summed E-state index contributed by atoms with van der Waals surface area (Å²) >= 11 is 0. The van der Waals surface area contributed by atoms with Crippen LogP contribution in [0.4, 0.5) is 4.39 Å². The average Bonchev–Trinajstić information content (AvgIpc) is 2.79. The summed E-state index contributed by atoms with van der Waals surface area (Å²) in [5.74, 6) is -0.865. The lowest BCUT2D eigenvalue weighted by atomic mass is 9.95. The van der Waals surface area contributed by atoms with Gasteiger partial charge < -0.3 is 14.2 Å². The number of carbonyl (C=O) groups is 3. The highest BCUT2D eigenvalue weighted by Gasteiger charge is 2.37. The van der Waals surface area contributed by atoms with Gasteiger partial charge in [0.25, 0.3) is 0 Å². The summed E-state index contributed by atoms with van der Waals surface area (Å²) < 4.78 is 30.5. The number of ether oxygens (including phenoxy) is 3. The Morgan fingerprint density at radius 3 is 1.72 bits per heavy atom. The standard InChI is InChI=1S/C25H25FO6/c1-16(27)19-10-6-17(14-21(19)31-4)8-12-23(28)25(2,26)24(29)13-9-18-7-11-20(30-3)22(15-18)32-5/h6-15H,1-5H3/b12-8+,13-9+. The van der Waals surface area contributed by atoms with E-state index >= 15 is 0 Å². The first-order valence-electron chi connectivity index (χ1n) is 9.69. The average molecular weight is 440 g/mol. The summed E-state index contributed by atoms with van der Waals surface area (Å²) in [7, 11) is 4.39. The quantitative estimate of drug-likeness (QED) is 0.307. The third-order valence-corrected chi connectivity index (χ3v) is 4.79. The van der Waals surface area contributed by atoms with Crippen LogP contribution in [0.2, 0.25) is 0 Å². The number of halogens is 1. The molecule has 0 bridgehead atoms. The highest BCUT2D eigenvalue weighted by Crippen LogP contribution is 2.28. The predicted molar refractivity (Wildman–Crippen MR) is 120 cm³/mol. The fourth-order valence-corrected chi connectivity index (χ4v) is 2.84. The van der Waals surface area contributed by atoms with Crippen molar-refractivity contribution >= 4 is 29.5 Å². The van der Waals surface area contributed by atoms with Crippen LogP contribution >= 0.6 is 0 Å². The van der Waals surface area contributed by atoms with Gasteiger partial charge in [-0.25, -0.2) is 4.39 Å². The molecule has 0 aromatic heterocycles. The Balaban J connectivity index is 2.16. The number of Topliss-reactive ketones (excluding diaryl/α,β-unsaturated/α-hetero) is 1. The molecule has 0 aliphatic rings. The molecule has 6 nitrogen and oxygen atoms in total. The van der Waals surface area contributed by atoms with Crippen molar-refractivity contribution in [3.63, 3.8) is 0 Å². The van der Waals surface area contributed by atoms with Crippen LogP contribution in [0, 0.1) is 0 Å². The third-order valence-electron chi connectivity index (χ3n) is 4.79. The molecule has 168 valence electrons. The molecule has 0 aliphatic heterocycles. The smallest absolute Gasteiger partial charge is 0.231 e. The van der Waals surface area contributed by atoms with Crippen molar-refractivity contribution in [3.05, 3.63) is 65.2 Å². The predicted octanol–water partition coefficient (Wildman–Crippen LogP) is 4.51. The normalized spacial score (nSPS) is 13.1. The minimum absolute atomic E-state index is 0.170. The highest BCUT2D eigenvalue weighted by atomic mass is 19.1. The summed E-state index contributed by atoms with van der Waals surface area (Å²) in [6.07, 6.45) is 4.75. The molecule has 2 rings (SSSR count). The number of hydrogen-bond donors (Lipinski definition) is 0. The zero-order valence-corrected chi connectivity index (χ0v) is 18.6. The lowest BCUT2D eigenvalue weighted by Crippen LogP contribution is -2.37. The second kappa shape index (κ2) is 10.5. The van der Waals surface area contributed by atoms with Gasteiger partial charge in [0.2, 0.25) is 17.2 Å². The summed E-state index contributed by atoms with van der Waals surface area (Å²) in [5, 5.41) is 0. The maximum Gasteiger partial charge on any atom is 0.231 e. The minimum Gasteiger partial charge on any atom is -0.496 e. The van der Waals surface area contributed by atoms with Crippen LogP contribution in [-0.2, 0) is 9.59 Å². The molecule has 2 aromatic rings. The lowest BCUT2D eigenvalue weighted by Gasteiger charge is -2.13. The van der Waals surface area contributed by atoms with E-state index in [1.54, 1.807) is 36.4 Å². The van der Waals surface area contributed by atoms with Gasteiger partial charge in [0.05, 0.1) is 26.9 Å². The molecule has 1 atom stereocenters. The van der Waals surface area contributed by atoms with Crippen molar-refractivity contribution < 1.29 is 33.0 Å². The van der Waals surface area contributed by atoms with Crippen LogP contribution in [-0.4, -0.2) is 44.3 Å². The SMILES string of the molecule is COc1ccc(/C=C/C(=O)C(C)(F)C(=O)/C=C/c2ccc(C(C)=O)c(OC)c2)cc1OC. The molecule has 7 heteroatoms. The van der Waals surface area contributed by atoms with Crippen molar-refractivity contribution in [1.82, 2.24) is 0 Å². The molecule has 0 aliphatic carbocycles. The maximum atomic E-state index is 14.9. The number of hydrogen-bond acceptors (Lipinski definition) is 6. The zero-order valence-electron chi connectivity index (χ0n) is 18.6. The molecule has 0 saturated carbocycles. The third kappa shape index (κ3) is 5.69. The molecule has 0 heterocycles. The van der Waals surface area contributed by atoms with E-state index in [9.17, 15) is 18.8 Å². The van der Waals surface area contributed by atoms with E-state index in [2.05, 4.69) is 0 Å². The molecule has 0 spiro atoms. The second-order valence-corrected chi connectivity index (χ2v) is 7.03. The van der Waals surface area contributed by atoms with E-state index < -0.39 is 17.2 Å². The van der Waals surface area contributed by atoms with E-state index in [0.717, 1.165) is 19.1 Å². The van der Waals surface area contributed by atoms with E-state index in [1.165, 1.54) is 40.4 Å². The van der Waals surface area contributed by atoms with Crippen molar-refractivity contribution in [1.29, 1.82) is 0 Å². The van der Waals surface area contributed by atoms with E-state index in [-0.39, 0.29) is 5.78 Å². The van der Waals surface area contributed by atoms with Gasteiger partial charge in [-0.2, -0.15) is 0 Å². The monoisotopic (exact) mass is 440 g/mol. The molecule has 0 N–H and O–H groups in total. The van der Waals surface area contributed by atoms with Crippen molar-refractivity contribution in [2.75, 3.05) is 21.3 Å². The molecule has 1 unspecified atom stereocenters. The zero-order chi connectivity index (χ0) is 23.9. The molecular weight excluding hydrogens is 415 g/mol. The number of benzene rings is 2. The number of rotatable bonds is 10. The molecule has 2 aromatic carbocycles. The Morgan fingerprint density at radius 1 is 0.781 bits per heavy atom. The van der Waals surface area contributed by atoms with Crippen LogP contribution in [0.15, 0.2) is 48.6 Å². The molecule has 0 fully saturated rings. The van der Waals surface area contributed by atoms with Gasteiger partial charge >= 0.3 is 0 Å². The van der Waals surface area contributed by atoms with Gasteiger partial charge in [-0.1, -0.05) is 24.3 Å². The molecular formula is C25H25FO6. The lowest BCUT2D eigenvalue weighted by molar-refractivity contribution is -0.135.